The molecule has 0 saturated carbocycles. The van der Waals surface area contributed by atoms with Crippen molar-refractivity contribution in [2.24, 2.45) is 7.05 Å². The van der Waals surface area contributed by atoms with Crippen molar-refractivity contribution >= 4 is 16.9 Å². The number of nitrogens with one attached hydrogen (secondary N) is 1. The molecule has 3 aromatic heterocycles. The molecule has 3 heterocycles. The van der Waals surface area contributed by atoms with Gasteiger partial charge in [0, 0.05) is 7.05 Å². The maximum atomic E-state index is 12.2. The lowest BCUT2D eigenvalue weighted by molar-refractivity contribution is -0.121. The minimum atomic E-state index is -0.293. The molecule has 8 nitrogen and oxygen atoms in total. The van der Waals surface area contributed by atoms with Gasteiger partial charge in [-0.1, -0.05) is 0 Å². The van der Waals surface area contributed by atoms with Crippen molar-refractivity contribution in [3.05, 3.63) is 47.0 Å². The lowest BCUT2D eigenvalue weighted by Gasteiger charge is -2.06. The van der Waals surface area contributed by atoms with Crippen LogP contribution in [0.25, 0.3) is 11.0 Å². The normalized spacial score (nSPS) is 10.9. The summed E-state index contributed by atoms with van der Waals surface area (Å²) in [7, 11) is 1.70. The molecule has 21 heavy (non-hydrogen) atoms. The zero-order chi connectivity index (χ0) is 14.8. The summed E-state index contributed by atoms with van der Waals surface area (Å²) in [6, 6.07) is 3.50. The largest absolute Gasteiger partial charge is 0.467 e. The van der Waals surface area contributed by atoms with Gasteiger partial charge in [-0.05, 0) is 12.1 Å². The van der Waals surface area contributed by atoms with Crippen LogP contribution < -0.4 is 10.9 Å². The first kappa shape index (κ1) is 13.1. The van der Waals surface area contributed by atoms with E-state index in [0.29, 0.717) is 16.8 Å². The molecule has 1 amide bonds. The number of hydrogen-bond donors (Lipinski definition) is 1. The van der Waals surface area contributed by atoms with Gasteiger partial charge in [0.1, 0.15) is 24.0 Å². The van der Waals surface area contributed by atoms with E-state index in [1.807, 2.05) is 0 Å². The molecule has 0 aliphatic heterocycles. The molecule has 0 bridgehead atoms. The Morgan fingerprint density at radius 2 is 2.33 bits per heavy atom. The molecule has 108 valence electrons. The summed E-state index contributed by atoms with van der Waals surface area (Å²) >= 11 is 0. The fraction of sp³-hybridized carbons (Fsp3) is 0.231. The van der Waals surface area contributed by atoms with E-state index in [9.17, 15) is 9.59 Å². The van der Waals surface area contributed by atoms with E-state index < -0.39 is 0 Å². The van der Waals surface area contributed by atoms with E-state index in [-0.39, 0.29) is 24.6 Å². The molecule has 0 unspecified atom stereocenters. The second-order valence-electron chi connectivity index (χ2n) is 4.54. The van der Waals surface area contributed by atoms with Crippen LogP contribution in [0.1, 0.15) is 5.76 Å². The second-order valence-corrected chi connectivity index (χ2v) is 4.54. The van der Waals surface area contributed by atoms with Gasteiger partial charge in [0.05, 0.1) is 19.0 Å². The molecule has 0 aliphatic carbocycles. The van der Waals surface area contributed by atoms with E-state index in [1.165, 1.54) is 28.0 Å². The zero-order valence-electron chi connectivity index (χ0n) is 11.3. The molecular weight excluding hydrogens is 274 g/mol. The monoisotopic (exact) mass is 287 g/mol. The van der Waals surface area contributed by atoms with Gasteiger partial charge in [-0.3, -0.25) is 18.8 Å². The van der Waals surface area contributed by atoms with Crippen molar-refractivity contribution < 1.29 is 9.21 Å². The maximum absolute atomic E-state index is 12.2. The molecule has 0 radical (unpaired) electrons. The number of furan rings is 1. The quantitative estimate of drug-likeness (QED) is 0.731. The second kappa shape index (κ2) is 5.23. The number of amides is 1. The van der Waals surface area contributed by atoms with Crippen LogP contribution in [-0.2, 0) is 24.9 Å². The van der Waals surface area contributed by atoms with E-state index >= 15 is 0 Å². The standard InChI is InChI=1S/C13H13N5O3/c1-17-12-10(6-16-17)13(20)18(8-15-12)7-11(19)14-5-9-3-2-4-21-9/h2-4,6,8H,5,7H2,1H3,(H,14,19). The van der Waals surface area contributed by atoms with Gasteiger partial charge < -0.3 is 9.73 Å². The molecule has 3 rings (SSSR count). The van der Waals surface area contributed by atoms with Crippen molar-refractivity contribution in [3.63, 3.8) is 0 Å². The van der Waals surface area contributed by atoms with Gasteiger partial charge in [-0.25, -0.2) is 4.98 Å². The Labute approximate surface area is 119 Å². The van der Waals surface area contributed by atoms with E-state index in [0.717, 1.165) is 0 Å². The van der Waals surface area contributed by atoms with Crippen LogP contribution in [0.4, 0.5) is 0 Å². The van der Waals surface area contributed by atoms with Gasteiger partial charge in [0.2, 0.25) is 5.91 Å². The minimum absolute atomic E-state index is 0.0998. The van der Waals surface area contributed by atoms with Crippen LogP contribution >= 0.6 is 0 Å². The van der Waals surface area contributed by atoms with Crippen molar-refractivity contribution in [3.8, 4) is 0 Å². The van der Waals surface area contributed by atoms with E-state index in [2.05, 4.69) is 15.4 Å². The highest BCUT2D eigenvalue weighted by molar-refractivity contribution is 5.77. The summed E-state index contributed by atoms with van der Waals surface area (Å²) in [4.78, 5) is 28.2. The van der Waals surface area contributed by atoms with E-state index in [4.69, 9.17) is 4.42 Å². The lowest BCUT2D eigenvalue weighted by Crippen LogP contribution is -2.32. The number of aromatic nitrogens is 4. The molecule has 0 atom stereocenters. The summed E-state index contributed by atoms with van der Waals surface area (Å²) in [5.74, 6) is 0.357. The van der Waals surface area contributed by atoms with Crippen LogP contribution in [-0.4, -0.2) is 25.2 Å². The highest BCUT2D eigenvalue weighted by atomic mass is 16.3. The highest BCUT2D eigenvalue weighted by Crippen LogP contribution is 2.03. The van der Waals surface area contributed by atoms with Gasteiger partial charge in [-0.2, -0.15) is 5.10 Å². The molecule has 1 N–H and O–H groups in total. The van der Waals surface area contributed by atoms with Crippen LogP contribution in [0.15, 0.2) is 40.1 Å². The first-order valence-electron chi connectivity index (χ1n) is 6.31. The Kier molecular flexibility index (Phi) is 3.27. The third kappa shape index (κ3) is 2.55. The Balaban J connectivity index is 1.74. The molecule has 8 heteroatoms. The summed E-state index contributed by atoms with van der Waals surface area (Å²) in [6.45, 7) is 0.181. The number of aryl methyl sites for hydroxylation is 1. The summed E-state index contributed by atoms with van der Waals surface area (Å²) in [6.07, 6.45) is 4.33. The van der Waals surface area contributed by atoms with Crippen molar-refractivity contribution in [2.45, 2.75) is 13.1 Å². The number of carbonyl (C=O) groups is 1. The summed E-state index contributed by atoms with van der Waals surface area (Å²) < 4.78 is 7.88. The summed E-state index contributed by atoms with van der Waals surface area (Å²) in [5.41, 5.74) is 0.202. The number of hydrogen-bond acceptors (Lipinski definition) is 5. The van der Waals surface area contributed by atoms with Crippen molar-refractivity contribution in [1.82, 2.24) is 24.6 Å². The minimum Gasteiger partial charge on any atom is -0.467 e. The fourth-order valence-corrected chi connectivity index (χ4v) is 1.99. The zero-order valence-corrected chi connectivity index (χ0v) is 11.3. The smallest absolute Gasteiger partial charge is 0.264 e. The van der Waals surface area contributed by atoms with Gasteiger partial charge in [-0.15, -0.1) is 0 Å². The Bertz CT molecular complexity index is 831. The molecule has 0 aromatic carbocycles. The predicted molar refractivity (Wildman–Crippen MR) is 73.3 cm³/mol. The predicted octanol–water partition coefficient (Wildman–Crippen LogP) is 0.0394. The van der Waals surface area contributed by atoms with E-state index in [1.54, 1.807) is 19.2 Å². The van der Waals surface area contributed by atoms with Crippen LogP contribution in [0.3, 0.4) is 0 Å². The van der Waals surface area contributed by atoms with Gasteiger partial charge in [0.25, 0.3) is 5.56 Å². The lowest BCUT2D eigenvalue weighted by atomic mass is 10.4. The highest BCUT2D eigenvalue weighted by Gasteiger charge is 2.10. The molecular formula is C13H13N5O3. The third-order valence-electron chi connectivity index (χ3n) is 3.07. The molecule has 0 fully saturated rings. The van der Waals surface area contributed by atoms with Crippen LogP contribution in [0, 0.1) is 0 Å². The first-order valence-corrected chi connectivity index (χ1v) is 6.31. The average Bonchev–Trinajstić information content (AvgIpc) is 3.10. The Morgan fingerprint density at radius 3 is 3.10 bits per heavy atom. The van der Waals surface area contributed by atoms with Crippen LogP contribution in [0.5, 0.6) is 0 Å². The number of fused-ring (bicyclic) bond motifs is 1. The molecule has 0 aliphatic rings. The Hall–Kier alpha value is -2.90. The molecule has 3 aromatic rings. The maximum Gasteiger partial charge on any atom is 0.264 e. The average molecular weight is 287 g/mol. The number of nitrogens with zero attached hydrogens (tertiary/aromatic N) is 4. The number of carbonyl (C=O) groups excluding carboxylic acids is 1. The number of rotatable bonds is 4. The van der Waals surface area contributed by atoms with Gasteiger partial charge in [0.15, 0.2) is 5.65 Å². The topological polar surface area (TPSA) is 95.0 Å². The van der Waals surface area contributed by atoms with Crippen molar-refractivity contribution in [2.75, 3.05) is 0 Å². The Morgan fingerprint density at radius 1 is 1.48 bits per heavy atom. The van der Waals surface area contributed by atoms with Gasteiger partial charge >= 0.3 is 0 Å². The first-order chi connectivity index (χ1) is 10.1. The fourth-order valence-electron chi connectivity index (χ4n) is 1.99. The summed E-state index contributed by atoms with van der Waals surface area (Å²) in [5, 5.41) is 7.04. The van der Waals surface area contributed by atoms with Crippen molar-refractivity contribution in [1.29, 1.82) is 0 Å². The molecule has 0 saturated heterocycles. The van der Waals surface area contributed by atoms with Crippen LogP contribution in [0.2, 0.25) is 0 Å². The third-order valence-corrected chi connectivity index (χ3v) is 3.07. The molecule has 0 spiro atoms. The SMILES string of the molecule is Cn1ncc2c(=O)n(CC(=O)NCc3ccco3)cnc21.